The largest absolute Gasteiger partial charge is 0.477 e. The molecule has 0 aliphatic carbocycles. The van der Waals surface area contributed by atoms with Gasteiger partial charge in [0.1, 0.15) is 10.9 Å². The zero-order valence-corrected chi connectivity index (χ0v) is 17.6. The summed E-state index contributed by atoms with van der Waals surface area (Å²) in [4.78, 5) is 26.6. The van der Waals surface area contributed by atoms with Crippen molar-refractivity contribution < 1.29 is 14.3 Å². The number of para-hydroxylation sites is 2. The summed E-state index contributed by atoms with van der Waals surface area (Å²) in [6.07, 6.45) is 4.40. The highest BCUT2D eigenvalue weighted by molar-refractivity contribution is 6.31. The summed E-state index contributed by atoms with van der Waals surface area (Å²) in [7, 11) is 1.54. The van der Waals surface area contributed by atoms with Gasteiger partial charge in [0, 0.05) is 25.2 Å². The third-order valence-electron chi connectivity index (χ3n) is 4.80. The highest BCUT2D eigenvalue weighted by Crippen LogP contribution is 2.33. The van der Waals surface area contributed by atoms with Crippen molar-refractivity contribution >= 4 is 35.2 Å². The van der Waals surface area contributed by atoms with Gasteiger partial charge < -0.3 is 15.0 Å². The minimum Gasteiger partial charge on any atom is -0.477 e. The first-order chi connectivity index (χ1) is 14.0. The van der Waals surface area contributed by atoms with Crippen LogP contribution in [0, 0.1) is 6.92 Å². The molecular formula is C21H25ClN4O3. The molecule has 0 saturated heterocycles. The summed E-state index contributed by atoms with van der Waals surface area (Å²) in [6, 6.07) is 7.16. The average Bonchev–Trinajstić information content (AvgIpc) is 3.01. The summed E-state index contributed by atoms with van der Waals surface area (Å²) in [5.41, 5.74) is 2.12. The van der Waals surface area contributed by atoms with Crippen LogP contribution in [0.15, 0.2) is 30.3 Å². The Balaban J connectivity index is 1.85. The Morgan fingerprint density at radius 3 is 2.86 bits per heavy atom. The molecule has 1 aliphatic rings. The maximum atomic E-state index is 13.0. The molecule has 7 nitrogen and oxygen atoms in total. The monoisotopic (exact) mass is 416 g/mol. The number of nitrogens with one attached hydrogen (secondary N) is 1. The Labute approximate surface area is 175 Å². The van der Waals surface area contributed by atoms with Crippen molar-refractivity contribution in [3.8, 4) is 5.75 Å². The van der Waals surface area contributed by atoms with Crippen LogP contribution in [0.3, 0.4) is 0 Å². The number of fused-ring (bicyclic) bond motifs is 1. The lowest BCUT2D eigenvalue weighted by Crippen LogP contribution is -2.49. The van der Waals surface area contributed by atoms with Gasteiger partial charge in [0.15, 0.2) is 6.10 Å². The molecular weight excluding hydrogens is 392 g/mol. The minimum absolute atomic E-state index is 0.127. The third-order valence-corrected chi connectivity index (χ3v) is 5.20. The number of halogens is 1. The Morgan fingerprint density at radius 2 is 2.14 bits per heavy atom. The van der Waals surface area contributed by atoms with Gasteiger partial charge in [0.05, 0.1) is 17.9 Å². The van der Waals surface area contributed by atoms with Crippen molar-refractivity contribution in [2.45, 2.75) is 39.3 Å². The second-order valence-corrected chi connectivity index (χ2v) is 7.20. The predicted molar refractivity (Wildman–Crippen MR) is 113 cm³/mol. The van der Waals surface area contributed by atoms with Gasteiger partial charge in [-0.3, -0.25) is 14.3 Å². The fourth-order valence-electron chi connectivity index (χ4n) is 3.20. The molecule has 1 aromatic heterocycles. The zero-order valence-electron chi connectivity index (χ0n) is 16.8. The summed E-state index contributed by atoms with van der Waals surface area (Å²) < 4.78 is 7.50. The molecule has 0 saturated carbocycles. The van der Waals surface area contributed by atoms with Gasteiger partial charge in [-0.2, -0.15) is 5.10 Å². The number of unbranched alkanes of at least 4 members (excludes halogenated alkanes) is 1. The lowest BCUT2D eigenvalue weighted by molar-refractivity contribution is -0.127. The minimum atomic E-state index is -0.769. The van der Waals surface area contributed by atoms with Crippen LogP contribution in [-0.2, 0) is 16.1 Å². The fourth-order valence-corrected chi connectivity index (χ4v) is 3.52. The van der Waals surface area contributed by atoms with Crippen LogP contribution in [-0.4, -0.2) is 41.3 Å². The number of ether oxygens (including phenoxy) is 1. The molecule has 2 aromatic rings. The third kappa shape index (κ3) is 4.45. The lowest BCUT2D eigenvalue weighted by Gasteiger charge is -2.33. The van der Waals surface area contributed by atoms with Gasteiger partial charge in [0.2, 0.25) is 0 Å². The second-order valence-electron chi connectivity index (χ2n) is 6.84. The SMILES string of the molecule is CCCCn1nc(C)c(/C=C/C(=O)N2C[C@@H](C(=O)NC)Oc3ccccc32)c1Cl. The van der Waals surface area contributed by atoms with E-state index >= 15 is 0 Å². The number of amides is 2. The van der Waals surface area contributed by atoms with Gasteiger partial charge in [-0.05, 0) is 31.6 Å². The number of aromatic nitrogens is 2. The summed E-state index contributed by atoms with van der Waals surface area (Å²) in [6.45, 7) is 4.84. The van der Waals surface area contributed by atoms with E-state index in [4.69, 9.17) is 16.3 Å². The Kier molecular flexibility index (Phi) is 6.59. The molecule has 1 N–H and O–H groups in total. The van der Waals surface area contributed by atoms with Crippen LogP contribution in [0.5, 0.6) is 5.75 Å². The van der Waals surface area contributed by atoms with Gasteiger partial charge >= 0.3 is 0 Å². The molecule has 0 radical (unpaired) electrons. The molecule has 29 heavy (non-hydrogen) atoms. The number of rotatable bonds is 6. The topological polar surface area (TPSA) is 76.5 Å². The number of benzene rings is 1. The molecule has 2 heterocycles. The maximum Gasteiger partial charge on any atom is 0.262 e. The Bertz CT molecular complexity index is 938. The molecule has 3 rings (SSSR count). The number of anilines is 1. The van der Waals surface area contributed by atoms with E-state index in [1.54, 1.807) is 40.9 Å². The fraction of sp³-hybridized carbons (Fsp3) is 0.381. The van der Waals surface area contributed by atoms with Crippen LogP contribution in [0.4, 0.5) is 5.69 Å². The highest BCUT2D eigenvalue weighted by atomic mass is 35.5. The summed E-state index contributed by atoms with van der Waals surface area (Å²) in [5, 5.41) is 7.54. The van der Waals surface area contributed by atoms with Crippen LogP contribution in [0.2, 0.25) is 5.15 Å². The number of carbonyl (C=O) groups excluding carboxylic acids is 2. The first-order valence-corrected chi connectivity index (χ1v) is 10.0. The van der Waals surface area contributed by atoms with E-state index in [0.717, 1.165) is 30.6 Å². The van der Waals surface area contributed by atoms with E-state index in [1.807, 2.05) is 13.0 Å². The predicted octanol–water partition coefficient (Wildman–Crippen LogP) is 3.20. The Morgan fingerprint density at radius 1 is 1.38 bits per heavy atom. The maximum absolute atomic E-state index is 13.0. The zero-order chi connectivity index (χ0) is 21.0. The van der Waals surface area contributed by atoms with E-state index in [2.05, 4.69) is 17.3 Å². The molecule has 0 bridgehead atoms. The molecule has 1 aliphatic heterocycles. The second kappa shape index (κ2) is 9.13. The van der Waals surface area contributed by atoms with Gasteiger partial charge in [-0.25, -0.2) is 0 Å². The standard InChI is InChI=1S/C21H25ClN4O3/c1-4-5-12-26-20(22)15(14(2)24-26)10-11-19(27)25-13-18(21(28)23-3)29-17-9-7-6-8-16(17)25/h6-11,18H,4-5,12-13H2,1-3H3,(H,23,28)/b11-10+/t18-/m0/s1. The number of hydrogen-bond acceptors (Lipinski definition) is 4. The van der Waals surface area contributed by atoms with E-state index in [9.17, 15) is 9.59 Å². The van der Waals surface area contributed by atoms with Crippen LogP contribution >= 0.6 is 11.6 Å². The van der Waals surface area contributed by atoms with Crippen molar-refractivity contribution in [3.63, 3.8) is 0 Å². The average molecular weight is 417 g/mol. The quantitative estimate of drug-likeness (QED) is 0.733. The van der Waals surface area contributed by atoms with Crippen molar-refractivity contribution in [1.82, 2.24) is 15.1 Å². The molecule has 0 unspecified atom stereocenters. The highest BCUT2D eigenvalue weighted by Gasteiger charge is 2.32. The van der Waals surface area contributed by atoms with Crippen LogP contribution in [0.25, 0.3) is 6.08 Å². The first-order valence-electron chi connectivity index (χ1n) is 9.66. The van der Waals surface area contributed by atoms with Crippen molar-refractivity contribution in [3.05, 3.63) is 46.8 Å². The first kappa shape index (κ1) is 20.9. The van der Waals surface area contributed by atoms with Gasteiger partial charge in [0.25, 0.3) is 11.8 Å². The number of aryl methyl sites for hydroxylation is 2. The summed E-state index contributed by atoms with van der Waals surface area (Å²) in [5.74, 6) is -0.0421. The molecule has 2 amide bonds. The van der Waals surface area contributed by atoms with Crippen molar-refractivity contribution in [2.75, 3.05) is 18.5 Å². The number of hydrogen-bond donors (Lipinski definition) is 1. The number of nitrogens with zero attached hydrogens (tertiary/aromatic N) is 3. The molecule has 1 atom stereocenters. The van der Waals surface area contributed by atoms with Gasteiger partial charge in [-0.1, -0.05) is 37.1 Å². The molecule has 1 aromatic carbocycles. The molecule has 8 heteroatoms. The molecule has 0 fully saturated rings. The van der Waals surface area contributed by atoms with Gasteiger partial charge in [-0.15, -0.1) is 0 Å². The van der Waals surface area contributed by atoms with Crippen LogP contribution in [0.1, 0.15) is 31.0 Å². The molecule has 154 valence electrons. The van der Waals surface area contributed by atoms with E-state index in [0.29, 0.717) is 16.6 Å². The molecule has 0 spiro atoms. The van der Waals surface area contributed by atoms with E-state index in [1.165, 1.54) is 6.08 Å². The normalized spacial score (nSPS) is 15.9. The Hall–Kier alpha value is -2.80. The van der Waals surface area contributed by atoms with E-state index < -0.39 is 6.10 Å². The van der Waals surface area contributed by atoms with Crippen LogP contribution < -0.4 is 15.0 Å². The summed E-state index contributed by atoms with van der Waals surface area (Å²) >= 11 is 6.45. The smallest absolute Gasteiger partial charge is 0.262 e. The number of likely N-dealkylation sites (N-methyl/N-ethyl adjacent to an activating group) is 1. The number of carbonyl (C=O) groups is 2. The van der Waals surface area contributed by atoms with E-state index in [-0.39, 0.29) is 18.4 Å². The lowest BCUT2D eigenvalue weighted by atomic mass is 10.1. The van der Waals surface area contributed by atoms with Crippen molar-refractivity contribution in [1.29, 1.82) is 0 Å². The van der Waals surface area contributed by atoms with Crippen molar-refractivity contribution in [2.24, 2.45) is 0 Å².